The molecule has 0 spiro atoms. The van der Waals surface area contributed by atoms with Crippen LogP contribution >= 0.6 is 11.6 Å². The van der Waals surface area contributed by atoms with E-state index >= 15 is 0 Å². The van der Waals surface area contributed by atoms with E-state index in [0.717, 1.165) is 0 Å². The molecule has 3 nitrogen and oxygen atoms in total. The molecule has 4 heteroatoms. The number of hydrogen-bond acceptors (Lipinski definition) is 2. The summed E-state index contributed by atoms with van der Waals surface area (Å²) < 4.78 is 1.53. The molecular formula is C6H8ClN3. The van der Waals surface area contributed by atoms with Gasteiger partial charge in [0, 0.05) is 6.54 Å². The smallest absolute Gasteiger partial charge is 0.149 e. The molecule has 0 aliphatic rings. The second kappa shape index (κ2) is 2.84. The Hall–Kier alpha value is -0.830. The van der Waals surface area contributed by atoms with E-state index in [-0.39, 0.29) is 0 Å². The minimum absolute atomic E-state index is 0.381. The first-order valence-corrected chi connectivity index (χ1v) is 3.40. The lowest BCUT2D eigenvalue weighted by atomic mass is 10.5. The summed E-state index contributed by atoms with van der Waals surface area (Å²) in [5, 5.41) is 11.6. The van der Waals surface area contributed by atoms with Crippen molar-refractivity contribution in [3.63, 3.8) is 0 Å². The van der Waals surface area contributed by atoms with Crippen molar-refractivity contribution in [3.8, 4) is 0 Å². The lowest BCUT2D eigenvalue weighted by Gasteiger charge is -1.99. The maximum Gasteiger partial charge on any atom is 0.149 e. The van der Waals surface area contributed by atoms with Gasteiger partial charge in [0.05, 0.1) is 0 Å². The van der Waals surface area contributed by atoms with Gasteiger partial charge in [-0.25, -0.2) is 4.68 Å². The van der Waals surface area contributed by atoms with Crippen molar-refractivity contribution < 1.29 is 0 Å². The van der Waals surface area contributed by atoms with Crippen molar-refractivity contribution in [1.82, 2.24) is 9.78 Å². The molecule has 0 atom stereocenters. The van der Waals surface area contributed by atoms with Crippen LogP contribution in [0.5, 0.6) is 0 Å². The van der Waals surface area contributed by atoms with Gasteiger partial charge in [0.25, 0.3) is 0 Å². The molecular weight excluding hydrogens is 150 g/mol. The van der Waals surface area contributed by atoms with Crippen molar-refractivity contribution in [1.29, 1.82) is 5.41 Å². The number of hydrogen-bond donors (Lipinski definition) is 1. The summed E-state index contributed by atoms with van der Waals surface area (Å²) in [5.41, 5.74) is 0.381. The van der Waals surface area contributed by atoms with Crippen LogP contribution in [0.25, 0.3) is 0 Å². The van der Waals surface area contributed by atoms with E-state index in [0.29, 0.717) is 17.2 Å². The fourth-order valence-corrected chi connectivity index (χ4v) is 0.832. The van der Waals surface area contributed by atoms with E-state index in [4.69, 9.17) is 17.0 Å². The van der Waals surface area contributed by atoms with Crippen molar-refractivity contribution in [2.24, 2.45) is 0 Å². The lowest BCUT2D eigenvalue weighted by Crippen LogP contribution is -2.20. The van der Waals surface area contributed by atoms with Gasteiger partial charge in [0.2, 0.25) is 0 Å². The van der Waals surface area contributed by atoms with Crippen molar-refractivity contribution in [3.05, 3.63) is 22.8 Å². The number of aryl methyl sites for hydroxylation is 1. The van der Waals surface area contributed by atoms with Crippen LogP contribution < -0.4 is 5.49 Å². The lowest BCUT2D eigenvalue weighted by molar-refractivity contribution is 0.598. The molecule has 0 saturated carbocycles. The molecule has 0 radical (unpaired) electrons. The molecule has 1 rings (SSSR count). The Kier molecular flexibility index (Phi) is 2.06. The minimum atomic E-state index is 0.381. The Morgan fingerprint density at radius 1 is 1.70 bits per heavy atom. The van der Waals surface area contributed by atoms with Gasteiger partial charge in [-0.15, -0.1) is 0 Å². The standard InChI is InChI=1S/C6H8ClN3/c1-2-10-6(8)4-3-5(7)9-10/h3-4,8H,2H2,1H3. The first-order chi connectivity index (χ1) is 4.74. The average Bonchev–Trinajstić information content (AvgIpc) is 1.94. The van der Waals surface area contributed by atoms with Gasteiger partial charge in [0.15, 0.2) is 0 Å². The number of halogens is 1. The summed E-state index contributed by atoms with van der Waals surface area (Å²) in [6.07, 6.45) is 0. The molecule has 10 heavy (non-hydrogen) atoms. The first-order valence-electron chi connectivity index (χ1n) is 3.02. The Labute approximate surface area is 63.8 Å². The first kappa shape index (κ1) is 7.28. The van der Waals surface area contributed by atoms with Gasteiger partial charge in [0.1, 0.15) is 10.6 Å². The molecule has 1 heterocycles. The molecule has 1 aromatic heterocycles. The quantitative estimate of drug-likeness (QED) is 0.650. The third kappa shape index (κ3) is 1.36. The van der Waals surface area contributed by atoms with Crippen LogP contribution in [0, 0.1) is 5.41 Å². The fraction of sp³-hybridized carbons (Fsp3) is 0.333. The van der Waals surface area contributed by atoms with Gasteiger partial charge in [-0.05, 0) is 19.1 Å². The zero-order valence-corrected chi connectivity index (χ0v) is 6.39. The molecule has 0 amide bonds. The van der Waals surface area contributed by atoms with E-state index in [1.165, 1.54) is 4.68 Å². The predicted octanol–water partition coefficient (Wildman–Crippen LogP) is 1.04. The monoisotopic (exact) mass is 157 g/mol. The number of aromatic nitrogens is 2. The molecule has 0 fully saturated rings. The van der Waals surface area contributed by atoms with Gasteiger partial charge in [-0.1, -0.05) is 11.6 Å². The number of nitrogens with one attached hydrogen (secondary N) is 1. The predicted molar refractivity (Wildman–Crippen MR) is 38.8 cm³/mol. The Balaban J connectivity index is 3.22. The van der Waals surface area contributed by atoms with Crippen molar-refractivity contribution in [2.45, 2.75) is 13.5 Å². The molecule has 0 aromatic carbocycles. The zero-order chi connectivity index (χ0) is 7.56. The Bertz CT molecular complexity index is 279. The van der Waals surface area contributed by atoms with Crippen molar-refractivity contribution >= 4 is 11.6 Å². The molecule has 1 N–H and O–H groups in total. The summed E-state index contributed by atoms with van der Waals surface area (Å²) >= 11 is 5.58. The molecule has 0 aliphatic heterocycles. The van der Waals surface area contributed by atoms with E-state index in [2.05, 4.69) is 5.10 Å². The summed E-state index contributed by atoms with van der Waals surface area (Å²) in [5.74, 6) is 0. The van der Waals surface area contributed by atoms with Gasteiger partial charge in [-0.2, -0.15) is 5.10 Å². The van der Waals surface area contributed by atoms with Gasteiger partial charge >= 0.3 is 0 Å². The third-order valence-corrected chi connectivity index (χ3v) is 1.37. The maximum atomic E-state index is 7.31. The number of rotatable bonds is 1. The SMILES string of the molecule is CCn1nc(Cl)ccc1=N. The maximum absolute atomic E-state index is 7.31. The van der Waals surface area contributed by atoms with Crippen LogP contribution in [0.4, 0.5) is 0 Å². The topological polar surface area (TPSA) is 41.7 Å². The minimum Gasteiger partial charge on any atom is -0.283 e. The van der Waals surface area contributed by atoms with Crippen LogP contribution in [0.15, 0.2) is 12.1 Å². The van der Waals surface area contributed by atoms with E-state index < -0.39 is 0 Å². The highest BCUT2D eigenvalue weighted by Crippen LogP contribution is 1.96. The molecule has 1 aromatic rings. The van der Waals surface area contributed by atoms with Crippen LogP contribution in [0.2, 0.25) is 5.15 Å². The largest absolute Gasteiger partial charge is 0.283 e. The second-order valence-electron chi connectivity index (χ2n) is 1.86. The Morgan fingerprint density at radius 2 is 2.40 bits per heavy atom. The van der Waals surface area contributed by atoms with E-state index in [1.54, 1.807) is 12.1 Å². The summed E-state index contributed by atoms with van der Waals surface area (Å²) in [6.45, 7) is 2.60. The summed E-state index contributed by atoms with van der Waals surface area (Å²) in [4.78, 5) is 0. The highest BCUT2D eigenvalue weighted by molar-refractivity contribution is 6.29. The summed E-state index contributed by atoms with van der Waals surface area (Å²) in [6, 6.07) is 3.23. The molecule has 54 valence electrons. The second-order valence-corrected chi connectivity index (χ2v) is 2.24. The van der Waals surface area contributed by atoms with Crippen LogP contribution in [-0.4, -0.2) is 9.78 Å². The third-order valence-electron chi connectivity index (χ3n) is 1.17. The molecule has 0 saturated heterocycles. The van der Waals surface area contributed by atoms with E-state index in [9.17, 15) is 0 Å². The number of nitrogens with zero attached hydrogens (tertiary/aromatic N) is 2. The fourth-order valence-electron chi connectivity index (χ4n) is 0.677. The van der Waals surface area contributed by atoms with Crippen molar-refractivity contribution in [2.75, 3.05) is 0 Å². The normalized spacial score (nSPS) is 9.80. The summed E-state index contributed by atoms with van der Waals surface area (Å²) in [7, 11) is 0. The van der Waals surface area contributed by atoms with Crippen LogP contribution in [-0.2, 0) is 6.54 Å². The molecule has 0 aliphatic carbocycles. The van der Waals surface area contributed by atoms with Gasteiger partial charge in [-0.3, -0.25) is 5.41 Å². The zero-order valence-electron chi connectivity index (χ0n) is 5.63. The highest BCUT2D eigenvalue weighted by atomic mass is 35.5. The molecule has 0 unspecified atom stereocenters. The molecule has 0 bridgehead atoms. The van der Waals surface area contributed by atoms with Gasteiger partial charge < -0.3 is 0 Å². The average molecular weight is 158 g/mol. The highest BCUT2D eigenvalue weighted by Gasteiger charge is 1.90. The Morgan fingerprint density at radius 3 is 2.90 bits per heavy atom. The van der Waals surface area contributed by atoms with Crippen LogP contribution in [0.1, 0.15) is 6.92 Å². The van der Waals surface area contributed by atoms with Crippen LogP contribution in [0.3, 0.4) is 0 Å². The van der Waals surface area contributed by atoms with E-state index in [1.807, 2.05) is 6.92 Å².